The number of amides is 2. The predicted molar refractivity (Wildman–Crippen MR) is 174 cm³/mol. The smallest absolute Gasteiger partial charge is 0.244 e. The third-order valence-electron chi connectivity index (χ3n) is 8.05. The molecule has 7 nitrogen and oxygen atoms in total. The average Bonchev–Trinajstić information content (AvgIpc) is 2.99. The molecule has 1 aliphatic rings. The van der Waals surface area contributed by atoms with Gasteiger partial charge in [0.2, 0.25) is 21.8 Å². The lowest BCUT2D eigenvalue weighted by molar-refractivity contribution is -0.140. The molecule has 1 saturated carbocycles. The molecule has 1 N–H and O–H groups in total. The summed E-state index contributed by atoms with van der Waals surface area (Å²) in [5, 5.41) is 3.68. The largest absolute Gasteiger partial charge is 0.352 e. The van der Waals surface area contributed by atoms with Crippen LogP contribution in [0.15, 0.2) is 78.9 Å². The van der Waals surface area contributed by atoms with Crippen molar-refractivity contribution in [3.05, 3.63) is 101 Å². The van der Waals surface area contributed by atoms with Gasteiger partial charge in [-0.2, -0.15) is 0 Å². The van der Waals surface area contributed by atoms with E-state index < -0.39 is 28.5 Å². The highest BCUT2D eigenvalue weighted by atomic mass is 35.5. The Kier molecular flexibility index (Phi) is 11.3. The standard InChI is InChI=1S/C34H42ClN3O4S/c1-25(2)27-18-20-30(21-19-27)38(43(3,41)42)24-33(39)37(23-28-14-10-11-17-31(28)35)32(22-26-12-6-4-7-13-26)34(40)36-29-15-8-5-9-16-29/h4,6-7,10-14,17-21,25,29,32H,5,8-9,15-16,22-24H2,1-3H3,(H,36,40)/t32-/m1/s1. The second-order valence-electron chi connectivity index (χ2n) is 11.7. The summed E-state index contributed by atoms with van der Waals surface area (Å²) >= 11 is 6.54. The van der Waals surface area contributed by atoms with Crippen molar-refractivity contribution in [2.45, 2.75) is 76.9 Å². The van der Waals surface area contributed by atoms with Crippen LogP contribution in [0.1, 0.15) is 68.6 Å². The van der Waals surface area contributed by atoms with Gasteiger partial charge < -0.3 is 10.2 Å². The number of benzene rings is 3. The number of halogens is 1. The van der Waals surface area contributed by atoms with Crippen LogP contribution < -0.4 is 9.62 Å². The van der Waals surface area contributed by atoms with E-state index >= 15 is 0 Å². The molecule has 0 heterocycles. The fraction of sp³-hybridized carbons (Fsp3) is 0.412. The van der Waals surface area contributed by atoms with Crippen molar-refractivity contribution in [3.63, 3.8) is 0 Å². The molecule has 1 fully saturated rings. The van der Waals surface area contributed by atoms with Crippen LogP contribution in [0.4, 0.5) is 5.69 Å². The highest BCUT2D eigenvalue weighted by molar-refractivity contribution is 7.92. The number of rotatable bonds is 12. The Morgan fingerprint density at radius 2 is 1.53 bits per heavy atom. The molecule has 0 saturated heterocycles. The van der Waals surface area contributed by atoms with Crippen LogP contribution in [0.5, 0.6) is 0 Å². The first-order valence-corrected chi connectivity index (χ1v) is 17.2. The molecule has 0 spiro atoms. The monoisotopic (exact) mass is 623 g/mol. The lowest BCUT2D eigenvalue weighted by atomic mass is 9.94. The van der Waals surface area contributed by atoms with Crippen LogP contribution in [0.3, 0.4) is 0 Å². The molecular formula is C34H42ClN3O4S. The molecule has 43 heavy (non-hydrogen) atoms. The molecule has 3 aromatic rings. The van der Waals surface area contributed by atoms with Crippen LogP contribution in [0.2, 0.25) is 5.02 Å². The Morgan fingerprint density at radius 1 is 0.907 bits per heavy atom. The van der Waals surface area contributed by atoms with Crippen molar-refractivity contribution in [1.29, 1.82) is 0 Å². The van der Waals surface area contributed by atoms with Gasteiger partial charge in [-0.05, 0) is 53.6 Å². The van der Waals surface area contributed by atoms with E-state index in [1.54, 1.807) is 24.3 Å². The summed E-state index contributed by atoms with van der Waals surface area (Å²) in [6, 6.07) is 23.1. The SMILES string of the molecule is CC(C)c1ccc(N(CC(=O)N(Cc2ccccc2Cl)[C@H](Cc2ccccc2)C(=O)NC2CCCCC2)S(C)(=O)=O)cc1. The highest BCUT2D eigenvalue weighted by Crippen LogP contribution is 2.25. The van der Waals surface area contributed by atoms with Gasteiger partial charge in [0.1, 0.15) is 12.6 Å². The molecule has 230 valence electrons. The first-order valence-electron chi connectivity index (χ1n) is 15.0. The second-order valence-corrected chi connectivity index (χ2v) is 14.0. The van der Waals surface area contributed by atoms with E-state index in [1.165, 1.54) is 4.90 Å². The first kappa shape index (κ1) is 32.6. The maximum absolute atomic E-state index is 14.3. The summed E-state index contributed by atoms with van der Waals surface area (Å²) in [6.45, 7) is 3.72. The molecule has 0 radical (unpaired) electrons. The zero-order valence-corrected chi connectivity index (χ0v) is 26.8. The predicted octanol–water partition coefficient (Wildman–Crippen LogP) is 6.32. The number of anilines is 1. The number of carbonyl (C=O) groups excluding carboxylic acids is 2. The third-order valence-corrected chi connectivity index (χ3v) is 9.56. The number of carbonyl (C=O) groups is 2. The molecule has 2 amide bonds. The molecule has 0 bridgehead atoms. The Balaban J connectivity index is 1.72. The molecule has 1 atom stereocenters. The van der Waals surface area contributed by atoms with Crippen molar-refractivity contribution in [3.8, 4) is 0 Å². The van der Waals surface area contributed by atoms with Crippen molar-refractivity contribution in [2.75, 3.05) is 17.1 Å². The van der Waals surface area contributed by atoms with E-state index in [2.05, 4.69) is 19.2 Å². The van der Waals surface area contributed by atoms with Gasteiger partial charge in [0.05, 0.1) is 11.9 Å². The minimum atomic E-state index is -3.83. The van der Waals surface area contributed by atoms with Crippen molar-refractivity contribution >= 4 is 39.1 Å². The quantitative estimate of drug-likeness (QED) is 0.256. The van der Waals surface area contributed by atoms with Gasteiger partial charge in [-0.15, -0.1) is 0 Å². The van der Waals surface area contributed by atoms with Gasteiger partial charge >= 0.3 is 0 Å². The normalized spacial score (nSPS) is 14.7. The molecule has 1 aliphatic carbocycles. The molecule has 0 aliphatic heterocycles. The van der Waals surface area contributed by atoms with Gasteiger partial charge in [-0.3, -0.25) is 13.9 Å². The van der Waals surface area contributed by atoms with E-state index in [4.69, 9.17) is 11.6 Å². The molecular weight excluding hydrogens is 582 g/mol. The van der Waals surface area contributed by atoms with E-state index in [1.807, 2.05) is 54.6 Å². The van der Waals surface area contributed by atoms with Gasteiger partial charge in [-0.25, -0.2) is 8.42 Å². The first-order chi connectivity index (χ1) is 20.5. The molecule has 9 heteroatoms. The Labute approximate surface area is 261 Å². The van der Waals surface area contributed by atoms with Crippen molar-refractivity contribution in [2.24, 2.45) is 0 Å². The maximum Gasteiger partial charge on any atom is 0.244 e. The van der Waals surface area contributed by atoms with E-state index in [9.17, 15) is 18.0 Å². The minimum absolute atomic E-state index is 0.0452. The number of hydrogen-bond acceptors (Lipinski definition) is 4. The van der Waals surface area contributed by atoms with Crippen LogP contribution in [0, 0.1) is 0 Å². The second kappa shape index (κ2) is 14.9. The van der Waals surface area contributed by atoms with E-state index in [0.29, 0.717) is 16.3 Å². The maximum atomic E-state index is 14.3. The lowest BCUT2D eigenvalue weighted by Gasteiger charge is -2.35. The zero-order chi connectivity index (χ0) is 31.0. The van der Waals surface area contributed by atoms with Crippen LogP contribution in [0.25, 0.3) is 0 Å². The van der Waals surface area contributed by atoms with Crippen LogP contribution in [-0.2, 0) is 32.6 Å². The molecule has 0 unspecified atom stereocenters. The van der Waals surface area contributed by atoms with E-state index in [0.717, 1.165) is 53.8 Å². The van der Waals surface area contributed by atoms with Gasteiger partial charge in [-0.1, -0.05) is 105 Å². The van der Waals surface area contributed by atoms with Gasteiger partial charge in [0.25, 0.3) is 0 Å². The fourth-order valence-corrected chi connectivity index (χ4v) is 6.59. The van der Waals surface area contributed by atoms with Crippen molar-refractivity contribution in [1.82, 2.24) is 10.2 Å². The molecule has 4 rings (SSSR count). The van der Waals surface area contributed by atoms with Crippen LogP contribution >= 0.6 is 11.6 Å². The molecule has 0 aromatic heterocycles. The zero-order valence-electron chi connectivity index (χ0n) is 25.2. The Morgan fingerprint density at radius 3 is 2.14 bits per heavy atom. The lowest BCUT2D eigenvalue weighted by Crippen LogP contribution is -2.55. The summed E-state index contributed by atoms with van der Waals surface area (Å²) in [4.78, 5) is 29.8. The number of sulfonamides is 1. The minimum Gasteiger partial charge on any atom is -0.352 e. The summed E-state index contributed by atoms with van der Waals surface area (Å²) < 4.78 is 27.2. The number of hydrogen-bond donors (Lipinski definition) is 1. The summed E-state index contributed by atoms with van der Waals surface area (Å²) in [7, 11) is -3.83. The Bertz CT molecular complexity index is 1470. The topological polar surface area (TPSA) is 86.8 Å². The fourth-order valence-electron chi connectivity index (χ4n) is 5.55. The highest BCUT2D eigenvalue weighted by Gasteiger charge is 2.34. The third kappa shape index (κ3) is 9.07. The summed E-state index contributed by atoms with van der Waals surface area (Å²) in [5.41, 5.74) is 3.02. The Hall–Kier alpha value is -3.36. The number of nitrogens with zero attached hydrogens (tertiary/aromatic N) is 2. The number of nitrogens with one attached hydrogen (secondary N) is 1. The van der Waals surface area contributed by atoms with E-state index in [-0.39, 0.29) is 30.8 Å². The summed E-state index contributed by atoms with van der Waals surface area (Å²) in [6.07, 6.45) is 6.41. The molecule has 3 aromatic carbocycles. The van der Waals surface area contributed by atoms with Gasteiger partial charge in [0.15, 0.2) is 0 Å². The van der Waals surface area contributed by atoms with Crippen molar-refractivity contribution < 1.29 is 18.0 Å². The van der Waals surface area contributed by atoms with Crippen LogP contribution in [-0.4, -0.2) is 50.0 Å². The average molecular weight is 624 g/mol. The van der Waals surface area contributed by atoms with Gasteiger partial charge in [0, 0.05) is 24.0 Å². The summed E-state index contributed by atoms with van der Waals surface area (Å²) in [5.74, 6) is -0.462.